The van der Waals surface area contributed by atoms with Gasteiger partial charge in [0.15, 0.2) is 11.5 Å². The van der Waals surface area contributed by atoms with Crippen molar-refractivity contribution < 1.29 is 18.3 Å². The molecule has 1 atom stereocenters. The lowest BCUT2D eigenvalue weighted by Crippen LogP contribution is -2.20. The summed E-state index contributed by atoms with van der Waals surface area (Å²) in [6, 6.07) is 1.64. The van der Waals surface area contributed by atoms with Crippen molar-refractivity contribution in [1.82, 2.24) is 14.5 Å². The number of nitrogens with one attached hydrogen (secondary N) is 1. The minimum absolute atomic E-state index is 0.0119. The van der Waals surface area contributed by atoms with Gasteiger partial charge < -0.3 is 14.5 Å². The van der Waals surface area contributed by atoms with Crippen molar-refractivity contribution in [3.05, 3.63) is 40.8 Å². The molecule has 8 heteroatoms. The van der Waals surface area contributed by atoms with Crippen molar-refractivity contribution >= 4 is 0 Å². The van der Waals surface area contributed by atoms with Crippen LogP contribution in [0, 0.1) is 0 Å². The van der Waals surface area contributed by atoms with Crippen molar-refractivity contribution in [3.8, 4) is 11.5 Å². The van der Waals surface area contributed by atoms with Gasteiger partial charge in [0.2, 0.25) is 0 Å². The summed E-state index contributed by atoms with van der Waals surface area (Å²) < 4.78 is 37.2. The fourth-order valence-electron chi connectivity index (χ4n) is 3.05. The summed E-state index contributed by atoms with van der Waals surface area (Å²) in [5.41, 5.74) is 0.453. The molecular formula is C17H21F2N3O3. The summed E-state index contributed by atoms with van der Waals surface area (Å²) in [4.78, 5) is 18.4. The van der Waals surface area contributed by atoms with Crippen molar-refractivity contribution in [3.63, 3.8) is 0 Å². The smallest absolute Gasteiger partial charge is 0.387 e. The van der Waals surface area contributed by atoms with E-state index in [-0.39, 0.29) is 29.2 Å². The first-order valence-corrected chi connectivity index (χ1v) is 8.38. The Morgan fingerprint density at radius 2 is 2.12 bits per heavy atom. The van der Waals surface area contributed by atoms with Crippen LogP contribution in [0.25, 0.3) is 0 Å². The number of ether oxygens (including phenoxy) is 2. The third-order valence-corrected chi connectivity index (χ3v) is 4.36. The van der Waals surface area contributed by atoms with Crippen LogP contribution in [-0.4, -0.2) is 27.3 Å². The van der Waals surface area contributed by atoms with Gasteiger partial charge in [-0.1, -0.05) is 6.92 Å². The fraction of sp³-hybridized carbons (Fsp3) is 0.529. The van der Waals surface area contributed by atoms with Crippen LogP contribution >= 0.6 is 0 Å². The van der Waals surface area contributed by atoms with E-state index in [1.165, 1.54) is 10.8 Å². The maximum atomic E-state index is 12.6. The highest BCUT2D eigenvalue weighted by Crippen LogP contribution is 2.34. The molecular weight excluding hydrogens is 332 g/mol. The maximum Gasteiger partial charge on any atom is 0.387 e. The van der Waals surface area contributed by atoms with Crippen LogP contribution in [0.4, 0.5) is 8.78 Å². The predicted molar refractivity (Wildman–Crippen MR) is 87.2 cm³/mol. The molecule has 2 heterocycles. The zero-order valence-electron chi connectivity index (χ0n) is 14.0. The summed E-state index contributed by atoms with van der Waals surface area (Å²) in [6.07, 6.45) is 8.45. The first-order valence-electron chi connectivity index (χ1n) is 8.38. The third-order valence-electron chi connectivity index (χ3n) is 4.36. The van der Waals surface area contributed by atoms with Crippen LogP contribution in [0.3, 0.4) is 0 Å². The molecule has 1 fully saturated rings. The Morgan fingerprint density at radius 3 is 2.76 bits per heavy atom. The van der Waals surface area contributed by atoms with Crippen LogP contribution in [-0.2, 0) is 6.54 Å². The normalized spacial score (nSPS) is 16.3. The van der Waals surface area contributed by atoms with Crippen LogP contribution < -0.4 is 15.2 Å². The molecule has 0 radical (unpaired) electrons. The number of halogens is 2. The fourth-order valence-corrected chi connectivity index (χ4v) is 3.05. The molecule has 6 nitrogen and oxygen atoms in total. The molecule has 0 saturated heterocycles. The number of aromatic amines is 1. The summed E-state index contributed by atoms with van der Waals surface area (Å²) in [6.45, 7) is -0.600. The van der Waals surface area contributed by atoms with E-state index in [0.29, 0.717) is 12.2 Å². The van der Waals surface area contributed by atoms with E-state index in [1.54, 1.807) is 18.5 Å². The first-order chi connectivity index (χ1) is 12.0. The van der Waals surface area contributed by atoms with Crippen LogP contribution in [0.5, 0.6) is 11.5 Å². The lowest BCUT2D eigenvalue weighted by atomic mass is 10.1. The van der Waals surface area contributed by atoms with Crippen molar-refractivity contribution in [2.45, 2.75) is 57.8 Å². The number of H-pyrrole nitrogens is 1. The molecule has 2 aromatic rings. The standard InChI is InChI=1S/C17H21F2N3O3/c1-11(10-22-7-6-20-17(22)23)13-8-14(24-12-4-2-3-5-12)15(9-21-13)25-16(18)19/h6-9,11-12,16H,2-5,10H2,1H3,(H,20,23). The minimum atomic E-state index is -2.94. The number of alkyl halides is 2. The van der Waals surface area contributed by atoms with Gasteiger partial charge in [-0.2, -0.15) is 8.78 Å². The maximum absolute atomic E-state index is 12.6. The monoisotopic (exact) mass is 353 g/mol. The second-order valence-electron chi connectivity index (χ2n) is 6.28. The van der Waals surface area contributed by atoms with E-state index in [1.807, 2.05) is 6.92 Å². The van der Waals surface area contributed by atoms with Gasteiger partial charge in [-0.3, -0.25) is 9.55 Å². The lowest BCUT2D eigenvalue weighted by Gasteiger charge is -2.19. The van der Waals surface area contributed by atoms with Gasteiger partial charge in [0.1, 0.15) is 0 Å². The van der Waals surface area contributed by atoms with Crippen molar-refractivity contribution in [1.29, 1.82) is 0 Å². The molecule has 3 rings (SSSR count). The van der Waals surface area contributed by atoms with Gasteiger partial charge in [0.25, 0.3) is 0 Å². The number of nitrogens with zero attached hydrogens (tertiary/aromatic N) is 2. The topological polar surface area (TPSA) is 69.1 Å². The zero-order valence-corrected chi connectivity index (χ0v) is 14.0. The average Bonchev–Trinajstić information content (AvgIpc) is 3.21. The number of aromatic nitrogens is 3. The molecule has 1 N–H and O–H groups in total. The highest BCUT2D eigenvalue weighted by Gasteiger charge is 2.21. The summed E-state index contributed by atoms with van der Waals surface area (Å²) in [7, 11) is 0. The Bertz CT molecular complexity index is 754. The molecule has 0 bridgehead atoms. The molecule has 25 heavy (non-hydrogen) atoms. The number of rotatable bonds is 7. The Labute approximate surface area is 143 Å². The van der Waals surface area contributed by atoms with E-state index < -0.39 is 6.61 Å². The molecule has 0 amide bonds. The summed E-state index contributed by atoms with van der Waals surface area (Å²) in [5, 5.41) is 0. The highest BCUT2D eigenvalue weighted by molar-refractivity contribution is 5.40. The van der Waals surface area contributed by atoms with E-state index in [2.05, 4.69) is 14.7 Å². The first kappa shape index (κ1) is 17.4. The van der Waals surface area contributed by atoms with Crippen molar-refractivity contribution in [2.75, 3.05) is 0 Å². The third kappa shape index (κ3) is 4.37. The molecule has 2 aromatic heterocycles. The summed E-state index contributed by atoms with van der Waals surface area (Å²) in [5.74, 6) is 0.127. The Hall–Kier alpha value is -2.38. The van der Waals surface area contributed by atoms with Gasteiger partial charge in [0, 0.05) is 36.6 Å². The highest BCUT2D eigenvalue weighted by atomic mass is 19.3. The molecule has 0 aliphatic heterocycles. The Balaban J connectivity index is 1.81. The average molecular weight is 353 g/mol. The molecule has 1 aliphatic rings. The molecule has 0 spiro atoms. The van der Waals surface area contributed by atoms with Gasteiger partial charge in [-0.25, -0.2) is 4.79 Å². The Morgan fingerprint density at radius 1 is 1.36 bits per heavy atom. The molecule has 1 saturated carbocycles. The number of hydrogen-bond donors (Lipinski definition) is 1. The van der Waals surface area contributed by atoms with Crippen LogP contribution in [0.15, 0.2) is 29.5 Å². The second-order valence-corrected chi connectivity index (χ2v) is 6.28. The van der Waals surface area contributed by atoms with Crippen LogP contribution in [0.2, 0.25) is 0 Å². The largest absolute Gasteiger partial charge is 0.486 e. The molecule has 1 unspecified atom stereocenters. The van der Waals surface area contributed by atoms with E-state index in [4.69, 9.17) is 4.74 Å². The minimum Gasteiger partial charge on any atom is -0.486 e. The zero-order chi connectivity index (χ0) is 17.8. The second kappa shape index (κ2) is 7.67. The Kier molecular flexibility index (Phi) is 5.35. The summed E-state index contributed by atoms with van der Waals surface area (Å²) >= 11 is 0. The van der Waals surface area contributed by atoms with E-state index >= 15 is 0 Å². The van der Waals surface area contributed by atoms with Gasteiger partial charge in [-0.15, -0.1) is 0 Å². The van der Waals surface area contributed by atoms with E-state index in [9.17, 15) is 13.6 Å². The number of pyridine rings is 1. The number of hydrogen-bond acceptors (Lipinski definition) is 4. The quantitative estimate of drug-likeness (QED) is 0.829. The number of imidazole rings is 1. The predicted octanol–water partition coefficient (Wildman–Crippen LogP) is 3.30. The van der Waals surface area contributed by atoms with E-state index in [0.717, 1.165) is 25.7 Å². The molecule has 0 aromatic carbocycles. The molecule has 1 aliphatic carbocycles. The van der Waals surface area contributed by atoms with Gasteiger partial charge >= 0.3 is 12.3 Å². The SMILES string of the molecule is CC(Cn1cc[nH]c1=O)c1cc(OC2CCCC2)c(OC(F)F)cn1. The van der Waals surface area contributed by atoms with Crippen LogP contribution in [0.1, 0.15) is 44.2 Å². The lowest BCUT2D eigenvalue weighted by molar-refractivity contribution is -0.0523. The van der Waals surface area contributed by atoms with Gasteiger partial charge in [-0.05, 0) is 25.7 Å². The molecule has 136 valence electrons. The van der Waals surface area contributed by atoms with Gasteiger partial charge in [0.05, 0.1) is 12.3 Å². The van der Waals surface area contributed by atoms with Crippen molar-refractivity contribution in [2.24, 2.45) is 0 Å².